The van der Waals surface area contributed by atoms with Gasteiger partial charge in [-0.05, 0) is 49.1 Å². The Morgan fingerprint density at radius 1 is 1.26 bits per heavy atom. The number of nitrogens with zero attached hydrogens (tertiary/aromatic N) is 2. The van der Waals surface area contributed by atoms with Crippen LogP contribution < -0.4 is 10.1 Å². The first-order valence-electron chi connectivity index (χ1n) is 8.89. The summed E-state index contributed by atoms with van der Waals surface area (Å²) in [5, 5.41) is 2.85. The van der Waals surface area contributed by atoms with Crippen molar-refractivity contribution in [1.29, 1.82) is 0 Å². The van der Waals surface area contributed by atoms with Crippen molar-refractivity contribution in [2.24, 2.45) is 5.92 Å². The van der Waals surface area contributed by atoms with Crippen LogP contribution in [-0.4, -0.2) is 48.4 Å². The monoisotopic (exact) mass is 371 g/mol. The molecule has 1 fully saturated rings. The van der Waals surface area contributed by atoms with Crippen LogP contribution in [0.2, 0.25) is 0 Å². The molecule has 6 nitrogen and oxygen atoms in total. The number of halogens is 1. The highest BCUT2D eigenvalue weighted by Gasteiger charge is 2.24. The molecule has 2 heterocycles. The Labute approximate surface area is 157 Å². The van der Waals surface area contributed by atoms with Crippen molar-refractivity contribution in [3.63, 3.8) is 0 Å². The highest BCUT2D eigenvalue weighted by molar-refractivity contribution is 5.94. The van der Waals surface area contributed by atoms with E-state index in [2.05, 4.69) is 10.3 Å². The van der Waals surface area contributed by atoms with Gasteiger partial charge in [0, 0.05) is 37.6 Å². The zero-order valence-electron chi connectivity index (χ0n) is 15.2. The van der Waals surface area contributed by atoms with Crippen LogP contribution in [0.25, 0.3) is 0 Å². The molecule has 1 N–H and O–H groups in total. The number of nitrogens with one attached hydrogen (secondary N) is 1. The van der Waals surface area contributed by atoms with E-state index in [4.69, 9.17) is 4.74 Å². The molecule has 0 unspecified atom stereocenters. The summed E-state index contributed by atoms with van der Waals surface area (Å²) >= 11 is 0. The van der Waals surface area contributed by atoms with E-state index in [-0.39, 0.29) is 29.0 Å². The van der Waals surface area contributed by atoms with Crippen LogP contribution in [0.15, 0.2) is 42.7 Å². The van der Waals surface area contributed by atoms with Gasteiger partial charge in [0.1, 0.15) is 0 Å². The molecular weight excluding hydrogens is 349 g/mol. The minimum atomic E-state index is -0.563. The summed E-state index contributed by atoms with van der Waals surface area (Å²) in [6, 6.07) is 7.65. The fraction of sp³-hybridized carbons (Fsp3) is 0.350. The molecule has 27 heavy (non-hydrogen) atoms. The maximum Gasteiger partial charge on any atom is 0.255 e. The lowest BCUT2D eigenvalue weighted by atomic mass is 9.96. The molecule has 2 amide bonds. The Bertz CT molecular complexity index is 805. The predicted octanol–water partition coefficient (Wildman–Crippen LogP) is 2.51. The van der Waals surface area contributed by atoms with Crippen LogP contribution in [0, 0.1) is 11.7 Å². The third-order valence-electron chi connectivity index (χ3n) is 4.78. The number of benzene rings is 1. The maximum absolute atomic E-state index is 13.7. The van der Waals surface area contributed by atoms with E-state index in [1.54, 1.807) is 24.5 Å². The summed E-state index contributed by atoms with van der Waals surface area (Å²) < 4.78 is 18.6. The lowest BCUT2D eigenvalue weighted by Gasteiger charge is -2.32. The van der Waals surface area contributed by atoms with E-state index < -0.39 is 5.82 Å². The van der Waals surface area contributed by atoms with Crippen LogP contribution in [-0.2, 0) is 0 Å². The van der Waals surface area contributed by atoms with Gasteiger partial charge in [-0.15, -0.1) is 0 Å². The summed E-state index contributed by atoms with van der Waals surface area (Å²) in [5.41, 5.74) is 0.850. The van der Waals surface area contributed by atoms with Crippen molar-refractivity contribution in [3.05, 3.63) is 59.7 Å². The van der Waals surface area contributed by atoms with Gasteiger partial charge in [-0.3, -0.25) is 14.6 Å². The molecule has 1 saturated heterocycles. The van der Waals surface area contributed by atoms with Crippen molar-refractivity contribution >= 4 is 11.8 Å². The van der Waals surface area contributed by atoms with Gasteiger partial charge in [-0.1, -0.05) is 0 Å². The molecule has 0 spiro atoms. The minimum Gasteiger partial charge on any atom is -0.494 e. The zero-order chi connectivity index (χ0) is 19.2. The molecule has 0 aliphatic carbocycles. The van der Waals surface area contributed by atoms with Crippen LogP contribution in [0.4, 0.5) is 4.39 Å². The quantitative estimate of drug-likeness (QED) is 0.877. The highest BCUT2D eigenvalue weighted by Crippen LogP contribution is 2.20. The molecule has 2 aromatic rings. The van der Waals surface area contributed by atoms with Crippen molar-refractivity contribution in [2.45, 2.75) is 12.8 Å². The number of hydrogen-bond donors (Lipinski definition) is 1. The van der Waals surface area contributed by atoms with Crippen molar-refractivity contribution in [1.82, 2.24) is 15.2 Å². The topological polar surface area (TPSA) is 71.5 Å². The summed E-state index contributed by atoms with van der Waals surface area (Å²) in [6.45, 7) is 1.79. The number of piperidine rings is 1. The Morgan fingerprint density at radius 3 is 2.67 bits per heavy atom. The van der Waals surface area contributed by atoms with Crippen LogP contribution in [0.5, 0.6) is 5.75 Å². The molecule has 142 valence electrons. The Hall–Kier alpha value is -2.96. The standard InChI is InChI=1S/C20H22FN3O3/c1-27-18-5-4-15(11-17(18)21)19(25)23-12-14-6-9-24(10-7-14)20(26)16-3-2-8-22-13-16/h2-5,8,11,13-14H,6-7,9-10,12H2,1H3,(H,23,25). The van der Waals surface area contributed by atoms with Gasteiger partial charge < -0.3 is 15.0 Å². The lowest BCUT2D eigenvalue weighted by Crippen LogP contribution is -2.41. The molecule has 0 radical (unpaired) electrons. The third-order valence-corrected chi connectivity index (χ3v) is 4.78. The summed E-state index contributed by atoms with van der Waals surface area (Å²) in [4.78, 5) is 30.4. The molecule has 0 saturated carbocycles. The first kappa shape index (κ1) is 18.8. The van der Waals surface area contributed by atoms with Crippen molar-refractivity contribution in [2.75, 3.05) is 26.7 Å². The number of amides is 2. The second-order valence-corrected chi connectivity index (χ2v) is 6.54. The van der Waals surface area contributed by atoms with Crippen molar-refractivity contribution < 1.29 is 18.7 Å². The van der Waals surface area contributed by atoms with Gasteiger partial charge in [0.15, 0.2) is 11.6 Å². The van der Waals surface area contributed by atoms with Crippen LogP contribution in [0.1, 0.15) is 33.6 Å². The minimum absolute atomic E-state index is 0.0145. The molecule has 0 atom stereocenters. The Balaban J connectivity index is 1.47. The zero-order valence-corrected chi connectivity index (χ0v) is 15.2. The first-order valence-corrected chi connectivity index (χ1v) is 8.89. The van der Waals surface area contributed by atoms with Gasteiger partial charge in [0.25, 0.3) is 11.8 Å². The number of likely N-dealkylation sites (tertiary alicyclic amines) is 1. The third kappa shape index (κ3) is 4.61. The van der Waals surface area contributed by atoms with Gasteiger partial charge in [0.05, 0.1) is 12.7 Å². The maximum atomic E-state index is 13.7. The molecule has 1 aromatic carbocycles. The van der Waals surface area contributed by atoms with Crippen molar-refractivity contribution in [3.8, 4) is 5.75 Å². The van der Waals surface area contributed by atoms with Gasteiger partial charge in [-0.25, -0.2) is 4.39 Å². The molecule has 1 aliphatic heterocycles. The molecule has 0 bridgehead atoms. The summed E-state index contributed by atoms with van der Waals surface area (Å²) in [6.07, 6.45) is 4.83. The second kappa shape index (κ2) is 8.62. The van der Waals surface area contributed by atoms with E-state index in [0.29, 0.717) is 25.2 Å². The number of pyridine rings is 1. The fourth-order valence-corrected chi connectivity index (χ4v) is 3.16. The van der Waals surface area contributed by atoms with E-state index >= 15 is 0 Å². The van der Waals surface area contributed by atoms with Crippen LogP contribution >= 0.6 is 0 Å². The Kier molecular flexibility index (Phi) is 6.01. The Morgan fingerprint density at radius 2 is 2.04 bits per heavy atom. The molecular formula is C20H22FN3O3. The van der Waals surface area contributed by atoms with Gasteiger partial charge in [-0.2, -0.15) is 0 Å². The van der Waals surface area contributed by atoms with Gasteiger partial charge in [0.2, 0.25) is 0 Å². The first-order chi connectivity index (χ1) is 13.1. The largest absolute Gasteiger partial charge is 0.494 e. The SMILES string of the molecule is COc1ccc(C(=O)NCC2CCN(C(=O)c3cccnc3)CC2)cc1F. The predicted molar refractivity (Wildman–Crippen MR) is 98.1 cm³/mol. The van der Waals surface area contributed by atoms with Crippen LogP contribution in [0.3, 0.4) is 0 Å². The number of hydrogen-bond acceptors (Lipinski definition) is 4. The van der Waals surface area contributed by atoms with Gasteiger partial charge >= 0.3 is 0 Å². The van der Waals surface area contributed by atoms with E-state index in [1.807, 2.05) is 4.90 Å². The second-order valence-electron chi connectivity index (χ2n) is 6.54. The number of carbonyl (C=O) groups is 2. The smallest absolute Gasteiger partial charge is 0.255 e. The van der Waals surface area contributed by atoms with E-state index in [9.17, 15) is 14.0 Å². The molecule has 7 heteroatoms. The summed E-state index contributed by atoms with van der Waals surface area (Å²) in [7, 11) is 1.38. The molecule has 1 aliphatic rings. The average molecular weight is 371 g/mol. The molecule has 3 rings (SSSR count). The number of ether oxygens (including phenoxy) is 1. The normalized spacial score (nSPS) is 14.7. The fourth-order valence-electron chi connectivity index (χ4n) is 3.16. The number of methoxy groups -OCH3 is 1. The molecule has 1 aromatic heterocycles. The number of aromatic nitrogens is 1. The lowest BCUT2D eigenvalue weighted by molar-refractivity contribution is 0.0684. The highest BCUT2D eigenvalue weighted by atomic mass is 19.1. The number of rotatable bonds is 5. The van der Waals surface area contributed by atoms with E-state index in [0.717, 1.165) is 12.8 Å². The van der Waals surface area contributed by atoms with E-state index in [1.165, 1.54) is 25.3 Å². The number of carbonyl (C=O) groups excluding carboxylic acids is 2. The summed E-state index contributed by atoms with van der Waals surface area (Å²) in [5.74, 6) is -0.496. The average Bonchev–Trinajstić information content (AvgIpc) is 2.72.